The molecular weight excluding hydrogens is 119 g/mol. The van der Waals surface area contributed by atoms with Crippen molar-refractivity contribution in [2.45, 2.75) is 6.30 Å². The van der Waals surface area contributed by atoms with Gasteiger partial charge in [0.15, 0.2) is 0 Å². The molecule has 4 heteroatoms. The first-order valence-electron chi connectivity index (χ1n) is 1.92. The molecule has 0 aromatic heterocycles. The van der Waals surface area contributed by atoms with Gasteiger partial charge in [0.1, 0.15) is 5.83 Å². The fourth-order valence-electron chi connectivity index (χ4n) is 0.193. The van der Waals surface area contributed by atoms with Crippen LogP contribution >= 0.6 is 0 Å². The van der Waals surface area contributed by atoms with Crippen molar-refractivity contribution in [1.82, 2.24) is 5.12 Å². The van der Waals surface area contributed by atoms with Crippen LogP contribution in [0, 0.1) is 0 Å². The predicted octanol–water partition coefficient (Wildman–Crippen LogP) is 1.58. The van der Waals surface area contributed by atoms with Crippen molar-refractivity contribution in [3.63, 3.8) is 0 Å². The van der Waals surface area contributed by atoms with Gasteiger partial charge in [-0.3, -0.25) is 0 Å². The smallest absolute Gasteiger partial charge is 0.220 e. The lowest BCUT2D eigenvalue weighted by Gasteiger charge is -2.06. The van der Waals surface area contributed by atoms with Crippen molar-refractivity contribution in [2.75, 3.05) is 7.05 Å². The second-order valence-electron chi connectivity index (χ2n) is 1.31. The molecule has 0 spiro atoms. The molecule has 8 heavy (non-hydrogen) atoms. The Labute approximate surface area is 45.3 Å². The van der Waals surface area contributed by atoms with Crippen LogP contribution in [-0.4, -0.2) is 18.5 Å². The lowest BCUT2D eigenvalue weighted by atomic mass is 10.5. The second-order valence-corrected chi connectivity index (χ2v) is 1.31. The van der Waals surface area contributed by atoms with Crippen molar-refractivity contribution >= 4 is 0 Å². The minimum absolute atomic E-state index is 0.400. The standard InChI is InChI=1S/C4H6F3N/c1-3(5)4(6)8(2)7/h4H,1H2,2H3. The maximum absolute atomic E-state index is 11.7. The summed E-state index contributed by atoms with van der Waals surface area (Å²) < 4.78 is 34.7. The molecule has 0 heterocycles. The highest BCUT2D eigenvalue weighted by molar-refractivity contribution is 4.86. The molecule has 0 radical (unpaired) electrons. The van der Waals surface area contributed by atoms with Crippen molar-refractivity contribution in [2.24, 2.45) is 0 Å². The van der Waals surface area contributed by atoms with Gasteiger partial charge >= 0.3 is 0 Å². The highest BCUT2D eigenvalue weighted by Crippen LogP contribution is 2.08. The van der Waals surface area contributed by atoms with E-state index in [-0.39, 0.29) is 0 Å². The molecule has 0 aromatic carbocycles. The maximum atomic E-state index is 11.7. The Balaban J connectivity index is 3.64. The molecule has 0 aliphatic carbocycles. The lowest BCUT2D eigenvalue weighted by molar-refractivity contribution is -0.0442. The van der Waals surface area contributed by atoms with E-state index < -0.39 is 17.2 Å². The summed E-state index contributed by atoms with van der Waals surface area (Å²) in [5.74, 6) is -1.32. The first kappa shape index (κ1) is 7.49. The van der Waals surface area contributed by atoms with E-state index in [1.807, 2.05) is 0 Å². The highest BCUT2D eigenvalue weighted by Gasteiger charge is 2.15. The van der Waals surface area contributed by atoms with Crippen LogP contribution in [0.5, 0.6) is 0 Å². The minimum Gasteiger partial charge on any atom is -0.220 e. The van der Waals surface area contributed by atoms with E-state index in [1.165, 1.54) is 0 Å². The lowest BCUT2D eigenvalue weighted by Crippen LogP contribution is -2.18. The van der Waals surface area contributed by atoms with Crippen LogP contribution in [-0.2, 0) is 0 Å². The fraction of sp³-hybridized carbons (Fsp3) is 0.500. The first-order chi connectivity index (χ1) is 3.55. The molecular formula is C4H6F3N. The van der Waals surface area contributed by atoms with Crippen LogP contribution in [0.4, 0.5) is 13.3 Å². The number of alkyl halides is 1. The van der Waals surface area contributed by atoms with Gasteiger partial charge in [0.2, 0.25) is 6.30 Å². The van der Waals surface area contributed by atoms with Gasteiger partial charge in [0.25, 0.3) is 0 Å². The van der Waals surface area contributed by atoms with Gasteiger partial charge in [-0.2, -0.15) is 0 Å². The Morgan fingerprint density at radius 3 is 2.12 bits per heavy atom. The summed E-state index contributed by atoms with van der Waals surface area (Å²) >= 11 is 0. The number of hydrogen-bond donors (Lipinski definition) is 0. The van der Waals surface area contributed by atoms with E-state index in [0.29, 0.717) is 0 Å². The van der Waals surface area contributed by atoms with Crippen LogP contribution in [0.3, 0.4) is 0 Å². The summed E-state index contributed by atoms with van der Waals surface area (Å²) in [4.78, 5) is 0. The van der Waals surface area contributed by atoms with Crippen LogP contribution in [0.2, 0.25) is 0 Å². The minimum atomic E-state index is -2.32. The molecule has 0 aliphatic heterocycles. The molecule has 0 aromatic rings. The topological polar surface area (TPSA) is 3.24 Å². The normalized spacial score (nSPS) is 14.1. The van der Waals surface area contributed by atoms with Gasteiger partial charge in [-0.15, -0.1) is 9.60 Å². The van der Waals surface area contributed by atoms with Gasteiger partial charge in [-0.25, -0.2) is 8.78 Å². The SMILES string of the molecule is C=C(F)C(F)N(C)F. The molecule has 0 amide bonds. The first-order valence-corrected chi connectivity index (χ1v) is 1.92. The third kappa shape index (κ3) is 1.97. The summed E-state index contributed by atoms with van der Waals surface area (Å²) in [6.45, 7) is 2.55. The van der Waals surface area contributed by atoms with E-state index >= 15 is 0 Å². The molecule has 48 valence electrons. The average Bonchev–Trinajstić information content (AvgIpc) is 1.64. The Morgan fingerprint density at radius 1 is 1.75 bits per heavy atom. The van der Waals surface area contributed by atoms with Crippen molar-refractivity contribution in [1.29, 1.82) is 0 Å². The van der Waals surface area contributed by atoms with Crippen LogP contribution in [0.25, 0.3) is 0 Å². The third-order valence-electron chi connectivity index (χ3n) is 0.571. The summed E-state index contributed by atoms with van der Waals surface area (Å²) in [6, 6.07) is 0. The zero-order valence-electron chi connectivity index (χ0n) is 4.37. The zero-order valence-corrected chi connectivity index (χ0v) is 4.37. The second kappa shape index (κ2) is 2.71. The average molecular weight is 125 g/mol. The van der Waals surface area contributed by atoms with E-state index in [4.69, 9.17) is 0 Å². The molecule has 1 unspecified atom stereocenters. The van der Waals surface area contributed by atoms with E-state index in [1.54, 1.807) is 0 Å². The van der Waals surface area contributed by atoms with Gasteiger partial charge in [0.05, 0.1) is 0 Å². The van der Waals surface area contributed by atoms with Crippen LogP contribution in [0.15, 0.2) is 12.4 Å². The zero-order chi connectivity index (χ0) is 6.73. The molecule has 0 fully saturated rings. The Kier molecular flexibility index (Phi) is 2.54. The molecule has 0 rings (SSSR count). The van der Waals surface area contributed by atoms with Crippen LogP contribution in [0.1, 0.15) is 0 Å². The van der Waals surface area contributed by atoms with Gasteiger partial charge in [-0.1, -0.05) is 6.58 Å². The van der Waals surface area contributed by atoms with Crippen molar-refractivity contribution in [3.8, 4) is 0 Å². The number of nitrogens with zero attached hydrogens (tertiary/aromatic N) is 1. The molecule has 0 bridgehead atoms. The predicted molar refractivity (Wildman–Crippen MR) is 24.0 cm³/mol. The summed E-state index contributed by atoms with van der Waals surface area (Å²) in [6.07, 6.45) is -2.32. The Morgan fingerprint density at radius 2 is 2.12 bits per heavy atom. The quantitative estimate of drug-likeness (QED) is 0.400. The van der Waals surface area contributed by atoms with Gasteiger partial charge in [-0.05, 0) is 0 Å². The number of halogens is 3. The summed E-state index contributed by atoms with van der Waals surface area (Å²) in [5, 5.41) is -0.400. The highest BCUT2D eigenvalue weighted by atomic mass is 19.2. The third-order valence-corrected chi connectivity index (χ3v) is 0.571. The van der Waals surface area contributed by atoms with E-state index in [0.717, 1.165) is 7.05 Å². The Bertz CT molecular complexity index is 91.3. The molecule has 0 saturated carbocycles. The summed E-state index contributed by atoms with van der Waals surface area (Å²) in [7, 11) is 0.773. The van der Waals surface area contributed by atoms with E-state index in [2.05, 4.69) is 6.58 Å². The van der Waals surface area contributed by atoms with Crippen molar-refractivity contribution in [3.05, 3.63) is 12.4 Å². The number of hydrogen-bond acceptors (Lipinski definition) is 1. The van der Waals surface area contributed by atoms with Gasteiger partial charge < -0.3 is 0 Å². The molecule has 0 aliphatic rings. The number of likely N-dealkylation sites (N-methyl/N-ethyl adjacent to an activating group) is 1. The number of rotatable bonds is 2. The summed E-state index contributed by atoms with van der Waals surface area (Å²) in [5.41, 5.74) is 0. The molecule has 1 atom stereocenters. The van der Waals surface area contributed by atoms with Crippen molar-refractivity contribution < 1.29 is 13.3 Å². The molecule has 0 saturated heterocycles. The molecule has 0 N–H and O–H groups in total. The molecule has 1 nitrogen and oxygen atoms in total. The Hall–Kier alpha value is -0.510. The van der Waals surface area contributed by atoms with Crippen LogP contribution < -0.4 is 0 Å². The van der Waals surface area contributed by atoms with Gasteiger partial charge in [0, 0.05) is 7.05 Å². The van der Waals surface area contributed by atoms with E-state index in [9.17, 15) is 13.3 Å². The largest absolute Gasteiger partial charge is 0.230 e. The maximum Gasteiger partial charge on any atom is 0.230 e. The fourth-order valence-corrected chi connectivity index (χ4v) is 0.193. The monoisotopic (exact) mass is 125 g/mol.